The molecular weight excluding hydrogens is 260 g/mol. The average Bonchev–Trinajstić information content (AvgIpc) is 2.29. The summed E-state index contributed by atoms with van der Waals surface area (Å²) in [5.41, 5.74) is 5.52. The molecule has 0 aliphatic rings. The number of hydrogen-bond donors (Lipinski definition) is 2. The number of ether oxygens (including phenoxy) is 2. The normalized spacial score (nSPS) is 11.5. The highest BCUT2D eigenvalue weighted by Crippen LogP contribution is 2.02. The molecule has 0 aromatic heterocycles. The Morgan fingerprint density at radius 3 is 2.39 bits per heavy atom. The third-order valence-electron chi connectivity index (χ3n) is 1.64. The van der Waals surface area contributed by atoms with Gasteiger partial charge in [0.25, 0.3) is 0 Å². The lowest BCUT2D eigenvalue weighted by Crippen LogP contribution is -2.36. The van der Waals surface area contributed by atoms with Crippen molar-refractivity contribution in [2.75, 3.05) is 24.7 Å². The van der Waals surface area contributed by atoms with E-state index in [9.17, 15) is 14.4 Å². The van der Waals surface area contributed by atoms with Crippen molar-refractivity contribution < 1.29 is 23.9 Å². The predicted molar refractivity (Wildman–Crippen MR) is 67.1 cm³/mol. The van der Waals surface area contributed by atoms with Gasteiger partial charge in [-0.05, 0) is 13.8 Å². The third kappa shape index (κ3) is 7.91. The Balaban J connectivity index is 3.74. The number of rotatable bonds is 7. The second kappa shape index (κ2) is 9.72. The average molecular weight is 278 g/mol. The van der Waals surface area contributed by atoms with Crippen molar-refractivity contribution in [1.82, 2.24) is 5.32 Å². The Labute approximate surface area is 110 Å². The number of amides is 2. The molecule has 0 aromatic carbocycles. The lowest BCUT2D eigenvalue weighted by molar-refractivity contribution is -0.144. The third-order valence-corrected chi connectivity index (χ3v) is 2.70. The van der Waals surface area contributed by atoms with Crippen LogP contribution in [0.4, 0.5) is 4.79 Å². The summed E-state index contributed by atoms with van der Waals surface area (Å²) in [6, 6.07) is -0.773. The number of thioether (sulfide) groups is 1. The zero-order valence-corrected chi connectivity index (χ0v) is 11.2. The van der Waals surface area contributed by atoms with E-state index in [-0.39, 0.29) is 24.7 Å². The summed E-state index contributed by atoms with van der Waals surface area (Å²) < 4.78 is 9.24. The van der Waals surface area contributed by atoms with E-state index in [0.717, 1.165) is 11.8 Å². The largest absolute Gasteiger partial charge is 0.465 e. The van der Waals surface area contributed by atoms with Crippen molar-refractivity contribution in [3.05, 3.63) is 0 Å². The second-order valence-corrected chi connectivity index (χ2v) is 4.17. The first kappa shape index (κ1) is 16.7. The maximum atomic E-state index is 11.2. The van der Waals surface area contributed by atoms with Crippen molar-refractivity contribution in [2.45, 2.75) is 19.9 Å². The van der Waals surface area contributed by atoms with Crippen LogP contribution in [0.2, 0.25) is 0 Å². The smallest absolute Gasteiger partial charge is 0.413 e. The van der Waals surface area contributed by atoms with Gasteiger partial charge in [-0.15, -0.1) is 11.8 Å². The SMILES string of the molecule is CCOC(=O)NC(=O)CSCC(N)C(=O)OCC. The van der Waals surface area contributed by atoms with Gasteiger partial charge < -0.3 is 15.2 Å². The summed E-state index contributed by atoms with van der Waals surface area (Å²) in [5.74, 6) is -0.730. The van der Waals surface area contributed by atoms with Crippen molar-refractivity contribution >= 4 is 29.7 Å². The molecule has 0 fully saturated rings. The van der Waals surface area contributed by atoms with Crippen LogP contribution in [0.1, 0.15) is 13.8 Å². The minimum atomic E-state index is -0.780. The monoisotopic (exact) mass is 278 g/mol. The van der Waals surface area contributed by atoms with Crippen LogP contribution >= 0.6 is 11.8 Å². The van der Waals surface area contributed by atoms with Gasteiger partial charge in [-0.25, -0.2) is 4.79 Å². The first-order valence-corrected chi connectivity index (χ1v) is 6.63. The summed E-state index contributed by atoms with van der Waals surface area (Å²) in [5, 5.41) is 2.03. The molecule has 0 bridgehead atoms. The summed E-state index contributed by atoms with van der Waals surface area (Å²) in [7, 11) is 0. The van der Waals surface area contributed by atoms with E-state index in [1.54, 1.807) is 13.8 Å². The van der Waals surface area contributed by atoms with Crippen LogP contribution in [0, 0.1) is 0 Å². The zero-order chi connectivity index (χ0) is 14.0. The Hall–Kier alpha value is -1.28. The van der Waals surface area contributed by atoms with Crippen LogP contribution in [0.5, 0.6) is 0 Å². The molecule has 1 atom stereocenters. The van der Waals surface area contributed by atoms with Gasteiger partial charge in [-0.1, -0.05) is 0 Å². The number of esters is 1. The lowest BCUT2D eigenvalue weighted by Gasteiger charge is -2.09. The van der Waals surface area contributed by atoms with E-state index in [0.29, 0.717) is 0 Å². The molecule has 0 saturated carbocycles. The predicted octanol–water partition coefficient (Wildman–Crippen LogP) is -0.117. The fraction of sp³-hybridized carbons (Fsp3) is 0.700. The molecule has 18 heavy (non-hydrogen) atoms. The van der Waals surface area contributed by atoms with Crippen LogP contribution in [-0.2, 0) is 19.1 Å². The first-order valence-electron chi connectivity index (χ1n) is 5.47. The minimum absolute atomic E-state index is 0.0198. The Morgan fingerprint density at radius 2 is 1.83 bits per heavy atom. The highest BCUT2D eigenvalue weighted by molar-refractivity contribution is 8.00. The van der Waals surface area contributed by atoms with Crippen LogP contribution in [0.15, 0.2) is 0 Å². The molecule has 104 valence electrons. The van der Waals surface area contributed by atoms with Gasteiger partial charge in [0.05, 0.1) is 19.0 Å². The van der Waals surface area contributed by atoms with E-state index in [1.807, 2.05) is 5.32 Å². The van der Waals surface area contributed by atoms with Gasteiger partial charge in [0.1, 0.15) is 6.04 Å². The van der Waals surface area contributed by atoms with E-state index in [2.05, 4.69) is 4.74 Å². The molecule has 2 amide bonds. The molecule has 0 aliphatic carbocycles. The maximum Gasteiger partial charge on any atom is 0.413 e. The topological polar surface area (TPSA) is 108 Å². The number of nitrogens with one attached hydrogen (secondary N) is 1. The van der Waals surface area contributed by atoms with Crippen LogP contribution < -0.4 is 11.1 Å². The van der Waals surface area contributed by atoms with Crippen molar-refractivity contribution in [2.24, 2.45) is 5.73 Å². The van der Waals surface area contributed by atoms with Gasteiger partial charge >= 0.3 is 12.1 Å². The maximum absolute atomic E-state index is 11.2. The molecule has 1 unspecified atom stereocenters. The van der Waals surface area contributed by atoms with Crippen molar-refractivity contribution in [3.8, 4) is 0 Å². The molecule has 8 heteroatoms. The molecule has 7 nitrogen and oxygen atoms in total. The fourth-order valence-corrected chi connectivity index (χ4v) is 1.68. The highest BCUT2D eigenvalue weighted by Gasteiger charge is 2.15. The number of carbonyl (C=O) groups excluding carboxylic acids is 3. The number of hydrogen-bond acceptors (Lipinski definition) is 7. The summed E-state index contributed by atoms with van der Waals surface area (Å²) in [4.78, 5) is 33.2. The quantitative estimate of drug-likeness (QED) is 0.625. The molecule has 0 aliphatic heterocycles. The van der Waals surface area contributed by atoms with Gasteiger partial charge in [-0.3, -0.25) is 14.9 Å². The van der Waals surface area contributed by atoms with Crippen molar-refractivity contribution in [3.63, 3.8) is 0 Å². The van der Waals surface area contributed by atoms with E-state index in [4.69, 9.17) is 10.5 Å². The van der Waals surface area contributed by atoms with Gasteiger partial charge in [0.2, 0.25) is 5.91 Å². The molecule has 0 radical (unpaired) electrons. The van der Waals surface area contributed by atoms with Gasteiger partial charge in [0.15, 0.2) is 0 Å². The second-order valence-electron chi connectivity index (χ2n) is 3.14. The molecule has 3 N–H and O–H groups in total. The molecule has 0 aromatic rings. The Bertz CT molecular complexity index is 298. The molecule has 0 heterocycles. The molecular formula is C10H18N2O5S. The number of nitrogens with two attached hydrogens (primary N) is 1. The van der Waals surface area contributed by atoms with Gasteiger partial charge in [-0.2, -0.15) is 0 Å². The summed E-state index contributed by atoms with van der Waals surface area (Å²) in [6.07, 6.45) is -0.780. The molecule has 0 saturated heterocycles. The highest BCUT2D eigenvalue weighted by atomic mass is 32.2. The summed E-state index contributed by atoms with van der Waals surface area (Å²) in [6.45, 7) is 3.78. The van der Waals surface area contributed by atoms with Crippen molar-refractivity contribution in [1.29, 1.82) is 0 Å². The Morgan fingerprint density at radius 1 is 1.22 bits per heavy atom. The molecule has 0 rings (SSSR count). The number of carbonyl (C=O) groups is 3. The van der Waals surface area contributed by atoms with Crippen LogP contribution in [-0.4, -0.2) is 48.7 Å². The Kier molecular flexibility index (Phi) is 9.03. The minimum Gasteiger partial charge on any atom is -0.465 e. The van der Waals surface area contributed by atoms with E-state index < -0.39 is 24.0 Å². The first-order chi connectivity index (χ1) is 8.51. The van der Waals surface area contributed by atoms with Crippen LogP contribution in [0.3, 0.4) is 0 Å². The number of imide groups is 1. The fourth-order valence-electron chi connectivity index (χ4n) is 0.913. The van der Waals surface area contributed by atoms with Crippen LogP contribution in [0.25, 0.3) is 0 Å². The standard InChI is InChI=1S/C10H18N2O5S/c1-3-16-9(14)7(11)5-18-6-8(13)12-10(15)17-4-2/h7H,3-6,11H2,1-2H3,(H,12,13,15). The number of alkyl carbamates (subject to hydrolysis) is 1. The van der Waals surface area contributed by atoms with E-state index in [1.165, 1.54) is 0 Å². The summed E-state index contributed by atoms with van der Waals surface area (Å²) >= 11 is 1.14. The van der Waals surface area contributed by atoms with Gasteiger partial charge in [0, 0.05) is 5.75 Å². The molecule has 0 spiro atoms. The van der Waals surface area contributed by atoms with E-state index >= 15 is 0 Å². The lowest BCUT2D eigenvalue weighted by atomic mass is 10.4. The zero-order valence-electron chi connectivity index (χ0n) is 10.4.